The maximum atomic E-state index is 8.93. The molecule has 1 aromatic carbocycles. The van der Waals surface area contributed by atoms with Crippen LogP contribution in [0.15, 0.2) is 59.8 Å². The minimum atomic E-state index is -1.75. The van der Waals surface area contributed by atoms with Crippen molar-refractivity contribution in [3.63, 3.8) is 0 Å². The molecule has 31 heavy (non-hydrogen) atoms. The molecular formula is C16H19BiN6O7S. The summed E-state index contributed by atoms with van der Waals surface area (Å²) in [5.74, 6) is 0. The van der Waals surface area contributed by atoms with E-state index in [1.54, 1.807) is 13.1 Å². The second-order valence-electron chi connectivity index (χ2n) is 4.58. The van der Waals surface area contributed by atoms with Crippen LogP contribution in [0, 0.1) is 30.6 Å². The molecule has 2 N–H and O–H groups in total. The molecule has 0 atom stereocenters. The number of nitrogens with one attached hydrogen (secondary N) is 2. The Hall–Kier alpha value is -3.03. The van der Waals surface area contributed by atoms with Crippen molar-refractivity contribution in [1.29, 1.82) is 0 Å². The van der Waals surface area contributed by atoms with Crippen LogP contribution in [0.3, 0.4) is 0 Å². The minimum Gasteiger partial charge on any atom is -0.855 e. The Balaban J connectivity index is -0.000000549. The van der Waals surface area contributed by atoms with Gasteiger partial charge >= 0.3 is 26.2 Å². The molecule has 0 aliphatic carbocycles. The Labute approximate surface area is 202 Å². The smallest absolute Gasteiger partial charge is 0.855 e. The molecule has 2 rings (SSSR count). The van der Waals surface area contributed by atoms with E-state index in [4.69, 9.17) is 48.0 Å². The minimum absolute atomic E-state index is 0. The van der Waals surface area contributed by atoms with Crippen LogP contribution in [-0.2, 0) is 0 Å². The molecule has 0 amide bonds. The molecule has 0 aliphatic heterocycles. The summed E-state index contributed by atoms with van der Waals surface area (Å²) >= 11 is 5.15. The molecule has 0 unspecified atom stereocenters. The summed E-state index contributed by atoms with van der Waals surface area (Å²) in [6, 6.07) is 15.4. The predicted molar refractivity (Wildman–Crippen MR) is 119 cm³/mol. The molecule has 2 radical (unpaired) electrons. The van der Waals surface area contributed by atoms with Crippen LogP contribution in [-0.4, -0.2) is 58.8 Å². The molecular weight excluding hydrogens is 629 g/mol. The molecule has 13 nitrogen and oxygen atoms in total. The van der Waals surface area contributed by atoms with Crippen LogP contribution in [0.4, 0.5) is 5.69 Å². The van der Waals surface area contributed by atoms with E-state index < -0.39 is 10.2 Å². The fourth-order valence-electron chi connectivity index (χ4n) is 1.45. The van der Waals surface area contributed by atoms with Crippen molar-refractivity contribution in [2.24, 2.45) is 5.10 Å². The number of aromatic nitrogens is 1. The summed E-state index contributed by atoms with van der Waals surface area (Å²) in [6.07, 6.45) is 1.73. The first-order valence-electron chi connectivity index (χ1n) is 7.92. The standard InChI is InChI=1S/C14H14N4S.C2H5O.Bi.2NO3/c1-11(13-9-5-6-10-15-13)17-18-14(19)16-12-7-3-2-4-8-12;1-2-3;;2*2-1(3)4/h2-10H,1H3,(H2,16,18,19);2H2,1H3;;;/q;-1;+3;2*-1/b17-11+;;;;. The van der Waals surface area contributed by atoms with Crippen molar-refractivity contribution >= 4 is 54.9 Å². The molecule has 15 heteroatoms. The Kier molecular flexibility index (Phi) is 22.8. The number of thiocarbonyl (C=S) groups is 1. The Morgan fingerprint density at radius 1 is 1.03 bits per heavy atom. The van der Waals surface area contributed by atoms with Crippen LogP contribution in [0.25, 0.3) is 0 Å². The van der Waals surface area contributed by atoms with E-state index in [-0.39, 0.29) is 32.8 Å². The van der Waals surface area contributed by atoms with E-state index in [1.807, 2.05) is 55.5 Å². The van der Waals surface area contributed by atoms with Gasteiger partial charge in [-0.25, -0.2) is 0 Å². The summed E-state index contributed by atoms with van der Waals surface area (Å²) in [5, 5.41) is 46.1. The quantitative estimate of drug-likeness (QED) is 0.160. The first kappa shape index (κ1) is 32.6. The molecule has 0 saturated heterocycles. The van der Waals surface area contributed by atoms with Crippen LogP contribution >= 0.6 is 12.2 Å². The number of pyridine rings is 1. The summed E-state index contributed by atoms with van der Waals surface area (Å²) < 4.78 is 0. The van der Waals surface area contributed by atoms with Crippen molar-refractivity contribution in [2.45, 2.75) is 13.8 Å². The van der Waals surface area contributed by atoms with Gasteiger partial charge in [-0.15, -0.1) is 6.61 Å². The maximum Gasteiger partial charge on any atom is 3.00 e. The van der Waals surface area contributed by atoms with Gasteiger partial charge in [0.2, 0.25) is 0 Å². The van der Waals surface area contributed by atoms with Gasteiger partial charge < -0.3 is 41.1 Å². The van der Waals surface area contributed by atoms with Crippen molar-refractivity contribution in [1.82, 2.24) is 10.4 Å². The first-order chi connectivity index (χ1) is 14.1. The van der Waals surface area contributed by atoms with E-state index in [1.165, 1.54) is 0 Å². The predicted octanol–water partition coefficient (Wildman–Crippen LogP) is 1.30. The number of para-hydroxylation sites is 1. The maximum absolute atomic E-state index is 8.93. The molecule has 166 valence electrons. The van der Waals surface area contributed by atoms with Crippen molar-refractivity contribution < 1.29 is 15.3 Å². The number of anilines is 1. The molecule has 1 aromatic heterocycles. The zero-order valence-electron chi connectivity index (χ0n) is 16.4. The monoisotopic (exact) mass is 648 g/mol. The summed E-state index contributed by atoms with van der Waals surface area (Å²) in [6.45, 7) is 3.44. The molecule has 0 spiro atoms. The summed E-state index contributed by atoms with van der Waals surface area (Å²) in [7, 11) is 0. The van der Waals surface area contributed by atoms with E-state index in [0.717, 1.165) is 17.1 Å². The Morgan fingerprint density at radius 2 is 1.48 bits per heavy atom. The van der Waals surface area contributed by atoms with Gasteiger partial charge in [0.25, 0.3) is 0 Å². The molecule has 1 heterocycles. The third-order valence-electron chi connectivity index (χ3n) is 2.39. The molecule has 0 saturated carbocycles. The van der Waals surface area contributed by atoms with Gasteiger partial charge in [-0.3, -0.25) is 10.4 Å². The zero-order chi connectivity index (χ0) is 23.4. The Bertz CT molecular complexity index is 765. The zero-order valence-corrected chi connectivity index (χ0v) is 20.7. The van der Waals surface area contributed by atoms with Crippen molar-refractivity contribution in [3.8, 4) is 0 Å². The second kappa shape index (κ2) is 21.7. The van der Waals surface area contributed by atoms with Gasteiger partial charge in [0.1, 0.15) is 0 Å². The SMILES string of the molecule is C/C(=N\NC(=S)Nc1ccccc1)c1ccccn1.CC[O-].O=[N+]([O-])[O-].O=[N+]([O-])[O-].[Bi+3]. The topological polar surface area (TPSA) is 205 Å². The number of hydrazone groups is 1. The van der Waals surface area contributed by atoms with Gasteiger partial charge in [-0.1, -0.05) is 31.2 Å². The number of hydrogen-bond acceptors (Lipinski definition) is 10. The third kappa shape index (κ3) is 24.9. The Morgan fingerprint density at radius 3 is 1.90 bits per heavy atom. The molecule has 2 aromatic rings. The average molecular weight is 648 g/mol. The van der Waals surface area contributed by atoms with Gasteiger partial charge in [0.15, 0.2) is 5.11 Å². The second-order valence-corrected chi connectivity index (χ2v) is 4.99. The molecule has 0 aliphatic rings. The van der Waals surface area contributed by atoms with Crippen LogP contribution in [0.2, 0.25) is 0 Å². The van der Waals surface area contributed by atoms with Gasteiger partial charge in [-0.05, 0) is 43.4 Å². The van der Waals surface area contributed by atoms with Crippen LogP contribution in [0.5, 0.6) is 0 Å². The van der Waals surface area contributed by atoms with Gasteiger partial charge in [0, 0.05) is 11.9 Å². The summed E-state index contributed by atoms with van der Waals surface area (Å²) in [4.78, 5) is 20.7. The van der Waals surface area contributed by atoms with E-state index in [9.17, 15) is 0 Å². The number of rotatable bonds is 3. The number of nitrogens with zero attached hydrogens (tertiary/aromatic N) is 4. The van der Waals surface area contributed by atoms with Crippen molar-refractivity contribution in [3.05, 3.63) is 91.1 Å². The van der Waals surface area contributed by atoms with E-state index in [0.29, 0.717) is 5.11 Å². The largest absolute Gasteiger partial charge is 3.00 e. The van der Waals surface area contributed by atoms with Gasteiger partial charge in [-0.2, -0.15) is 5.10 Å². The van der Waals surface area contributed by atoms with Gasteiger partial charge in [0.05, 0.1) is 21.6 Å². The van der Waals surface area contributed by atoms with E-state index in [2.05, 4.69) is 20.8 Å². The van der Waals surface area contributed by atoms with Crippen LogP contribution in [0.1, 0.15) is 19.5 Å². The van der Waals surface area contributed by atoms with Crippen LogP contribution < -0.4 is 15.8 Å². The summed E-state index contributed by atoms with van der Waals surface area (Å²) in [5.41, 5.74) is 5.31. The molecule has 0 fully saturated rings. The third-order valence-corrected chi connectivity index (χ3v) is 2.59. The normalized spacial score (nSPS) is 8.81. The molecule has 0 bridgehead atoms. The fraction of sp³-hybridized carbons (Fsp3) is 0.188. The van der Waals surface area contributed by atoms with E-state index >= 15 is 0 Å². The number of hydrogen-bond donors (Lipinski definition) is 2. The number of benzene rings is 1. The van der Waals surface area contributed by atoms with Crippen molar-refractivity contribution in [2.75, 3.05) is 11.9 Å². The average Bonchev–Trinajstić information content (AvgIpc) is 2.67. The fourth-order valence-corrected chi connectivity index (χ4v) is 1.61. The first-order valence-corrected chi connectivity index (χ1v) is 8.33.